The van der Waals surface area contributed by atoms with Crippen molar-refractivity contribution in [1.29, 1.82) is 0 Å². The average Bonchev–Trinajstić information content (AvgIpc) is 3.18. The quantitative estimate of drug-likeness (QED) is 0.180. The summed E-state index contributed by atoms with van der Waals surface area (Å²) in [5.41, 5.74) is 1.74. The number of amides is 2. The molecule has 4 unspecified atom stereocenters. The van der Waals surface area contributed by atoms with Gasteiger partial charge in [0.1, 0.15) is 17.2 Å². The van der Waals surface area contributed by atoms with E-state index < -0.39 is 29.6 Å². The molecule has 2 N–H and O–H groups in total. The molecule has 0 saturated carbocycles. The highest BCUT2D eigenvalue weighted by Gasteiger charge is 2.56. The molecule has 10 nitrogen and oxygen atoms in total. The molecular weight excluding hydrogens is 598 g/mol. The first-order valence-electron chi connectivity index (χ1n) is 13.5. The molecule has 0 spiro atoms. The number of allylic oxidation sites excluding steroid dienone is 6. The number of hydrogen-bond acceptors (Lipinski definition) is 8. The predicted molar refractivity (Wildman–Crippen MR) is 149 cm³/mol. The van der Waals surface area contributed by atoms with Gasteiger partial charge in [-0.15, -0.1) is 0 Å². The summed E-state index contributed by atoms with van der Waals surface area (Å²) in [5, 5.41) is 19.1. The topological polar surface area (TPSA) is 148 Å². The summed E-state index contributed by atoms with van der Waals surface area (Å²) in [7, 11) is 2.85. The van der Waals surface area contributed by atoms with Crippen molar-refractivity contribution in [3.63, 3.8) is 0 Å². The van der Waals surface area contributed by atoms with E-state index in [1.54, 1.807) is 0 Å². The number of Topliss-reactive ketones (excluding diaryl/α,β-unsaturated/α-hetero) is 1. The van der Waals surface area contributed by atoms with E-state index in [0.717, 1.165) is 5.57 Å². The van der Waals surface area contributed by atoms with Gasteiger partial charge in [-0.1, -0.05) is 18.1 Å². The zero-order chi connectivity index (χ0) is 29.6. The van der Waals surface area contributed by atoms with Crippen LogP contribution in [-0.2, 0) is 24.0 Å². The standard InChI is InChI=1S/C30H30BrNO9/c1-40-21-10-14(33)11-22(41-2)27(21)26-15-7-8-16-24(17(15)12-18-25(26)20(34)13-19(31)28(18)37)30(39)32(29(16)38)9-5-3-4-6-23(35)36/h7,10-11,13,16-17,24,26,33H,3-6,8-9,12H2,1-2H3,(H,35,36). The van der Waals surface area contributed by atoms with Crippen molar-refractivity contribution in [2.75, 3.05) is 20.8 Å². The summed E-state index contributed by atoms with van der Waals surface area (Å²) in [6.45, 7) is 0.203. The molecule has 3 aliphatic carbocycles. The van der Waals surface area contributed by atoms with Crippen LogP contribution >= 0.6 is 15.9 Å². The third-order valence-electron chi connectivity index (χ3n) is 8.51. The highest BCUT2D eigenvalue weighted by atomic mass is 79.9. The van der Waals surface area contributed by atoms with Crippen molar-refractivity contribution in [2.24, 2.45) is 17.8 Å². The Morgan fingerprint density at radius 2 is 1.71 bits per heavy atom. The molecule has 1 fully saturated rings. The molecule has 0 bridgehead atoms. The van der Waals surface area contributed by atoms with E-state index in [1.165, 1.54) is 37.3 Å². The van der Waals surface area contributed by atoms with Crippen molar-refractivity contribution >= 4 is 45.3 Å². The van der Waals surface area contributed by atoms with E-state index in [-0.39, 0.29) is 75.6 Å². The van der Waals surface area contributed by atoms with Gasteiger partial charge in [0.15, 0.2) is 11.6 Å². The molecule has 0 aromatic heterocycles. The number of aliphatic carboxylic acids is 1. The number of nitrogens with zero attached hydrogens (tertiary/aromatic N) is 1. The Kier molecular flexibility index (Phi) is 7.91. The molecule has 4 aliphatic rings. The number of carbonyl (C=O) groups excluding carboxylic acids is 4. The van der Waals surface area contributed by atoms with Gasteiger partial charge >= 0.3 is 5.97 Å². The predicted octanol–water partition coefficient (Wildman–Crippen LogP) is 3.82. The minimum absolute atomic E-state index is 0.0300. The van der Waals surface area contributed by atoms with Crippen LogP contribution in [0.25, 0.3) is 0 Å². The van der Waals surface area contributed by atoms with Gasteiger partial charge in [0.05, 0.1) is 30.5 Å². The fraction of sp³-hybridized carbons (Fsp3) is 0.433. The number of ether oxygens (including phenoxy) is 2. The Morgan fingerprint density at radius 1 is 1.02 bits per heavy atom. The van der Waals surface area contributed by atoms with Crippen molar-refractivity contribution < 1.29 is 43.7 Å². The maximum Gasteiger partial charge on any atom is 0.303 e. The maximum atomic E-state index is 13.8. The van der Waals surface area contributed by atoms with E-state index >= 15 is 0 Å². The molecule has 1 saturated heterocycles. The molecule has 1 aliphatic heterocycles. The van der Waals surface area contributed by atoms with E-state index in [0.29, 0.717) is 31.2 Å². The summed E-state index contributed by atoms with van der Waals surface area (Å²) >= 11 is 3.22. The van der Waals surface area contributed by atoms with E-state index in [4.69, 9.17) is 14.6 Å². The lowest BCUT2D eigenvalue weighted by molar-refractivity contribution is -0.141. The largest absolute Gasteiger partial charge is 0.508 e. The number of carbonyl (C=O) groups is 5. The second-order valence-corrected chi connectivity index (χ2v) is 11.5. The lowest BCUT2D eigenvalue weighted by atomic mass is 9.59. The highest BCUT2D eigenvalue weighted by molar-refractivity contribution is 9.12. The van der Waals surface area contributed by atoms with E-state index in [1.807, 2.05) is 6.08 Å². The molecule has 5 rings (SSSR count). The van der Waals surface area contributed by atoms with Gasteiger partial charge in [0.25, 0.3) is 0 Å². The minimum atomic E-state index is -0.886. The molecule has 1 heterocycles. The zero-order valence-corrected chi connectivity index (χ0v) is 24.2. The fourth-order valence-electron chi connectivity index (χ4n) is 6.76. The average molecular weight is 628 g/mol. The number of fused-ring (bicyclic) bond motifs is 3. The molecule has 216 valence electrons. The van der Waals surface area contributed by atoms with Gasteiger partial charge in [-0.3, -0.25) is 28.9 Å². The van der Waals surface area contributed by atoms with E-state index in [2.05, 4.69) is 15.9 Å². The third-order valence-corrected chi connectivity index (χ3v) is 9.10. The molecule has 2 amide bonds. The van der Waals surface area contributed by atoms with Crippen LogP contribution in [0.1, 0.15) is 50.0 Å². The lowest BCUT2D eigenvalue weighted by Crippen LogP contribution is -2.40. The van der Waals surface area contributed by atoms with Gasteiger partial charge in [-0.05, 0) is 47.5 Å². The van der Waals surface area contributed by atoms with Crippen LogP contribution in [0, 0.1) is 17.8 Å². The lowest BCUT2D eigenvalue weighted by Gasteiger charge is -2.42. The smallest absolute Gasteiger partial charge is 0.303 e. The summed E-state index contributed by atoms with van der Waals surface area (Å²) < 4.78 is 11.3. The van der Waals surface area contributed by atoms with Gasteiger partial charge in [0, 0.05) is 53.8 Å². The number of rotatable bonds is 9. The van der Waals surface area contributed by atoms with Crippen LogP contribution in [0.5, 0.6) is 17.2 Å². The Hall–Kier alpha value is -3.73. The Morgan fingerprint density at radius 3 is 2.34 bits per heavy atom. The molecule has 4 atom stereocenters. The monoisotopic (exact) mass is 627 g/mol. The number of likely N-dealkylation sites (tertiary alicyclic amines) is 1. The molecule has 41 heavy (non-hydrogen) atoms. The van der Waals surface area contributed by atoms with Crippen molar-refractivity contribution in [3.05, 3.63) is 51.0 Å². The highest BCUT2D eigenvalue weighted by Crippen LogP contribution is 2.58. The van der Waals surface area contributed by atoms with Crippen LogP contribution in [0.15, 0.2) is 45.5 Å². The second kappa shape index (κ2) is 11.3. The number of phenols is 1. The SMILES string of the molecule is COc1cc(O)cc(OC)c1C1C2=CCC3C(=O)N(CCCCCC(=O)O)C(=O)C3C2CC2=C1C(=O)C=C(Br)C2=O. The second-order valence-electron chi connectivity index (χ2n) is 10.7. The summed E-state index contributed by atoms with van der Waals surface area (Å²) in [6.07, 6.45) is 5.12. The number of benzene rings is 1. The first kappa shape index (κ1) is 28.8. The number of ketones is 2. The maximum absolute atomic E-state index is 13.8. The van der Waals surface area contributed by atoms with Crippen LogP contribution in [0.4, 0.5) is 0 Å². The number of imide groups is 1. The summed E-state index contributed by atoms with van der Waals surface area (Å²) in [4.78, 5) is 66.2. The Labute approximate surface area is 244 Å². The molecule has 1 aromatic carbocycles. The number of carboxylic acids is 1. The van der Waals surface area contributed by atoms with E-state index in [9.17, 15) is 29.1 Å². The van der Waals surface area contributed by atoms with Crippen molar-refractivity contribution in [2.45, 2.75) is 44.4 Å². The van der Waals surface area contributed by atoms with Crippen molar-refractivity contribution in [1.82, 2.24) is 4.90 Å². The first-order chi connectivity index (χ1) is 19.6. The van der Waals surface area contributed by atoms with Crippen molar-refractivity contribution in [3.8, 4) is 17.2 Å². The number of carboxylic acid groups (broad SMARTS) is 1. The normalized spacial score (nSPS) is 25.4. The molecule has 1 aromatic rings. The zero-order valence-electron chi connectivity index (χ0n) is 22.6. The van der Waals surface area contributed by atoms with Crippen LogP contribution in [0.3, 0.4) is 0 Å². The molecular formula is C30H30BrNO9. The number of hydrogen-bond donors (Lipinski definition) is 2. The van der Waals surface area contributed by atoms with Crippen LogP contribution in [-0.4, -0.2) is 65.2 Å². The van der Waals surface area contributed by atoms with Gasteiger partial charge in [-0.25, -0.2) is 0 Å². The molecule has 0 radical (unpaired) electrons. The number of methoxy groups -OCH3 is 2. The Bertz CT molecular complexity index is 1430. The summed E-state index contributed by atoms with van der Waals surface area (Å²) in [5.74, 6) is -4.38. The van der Waals surface area contributed by atoms with Crippen LogP contribution in [0.2, 0.25) is 0 Å². The van der Waals surface area contributed by atoms with Crippen LogP contribution < -0.4 is 9.47 Å². The fourth-order valence-corrected chi connectivity index (χ4v) is 7.20. The van der Waals surface area contributed by atoms with Gasteiger partial charge in [-0.2, -0.15) is 0 Å². The summed E-state index contributed by atoms with van der Waals surface area (Å²) in [6, 6.07) is 2.82. The third kappa shape index (κ3) is 4.90. The molecule has 11 heteroatoms. The number of unbranched alkanes of at least 4 members (excludes halogenated alkanes) is 2. The number of phenolic OH excluding ortho intramolecular Hbond substituents is 1. The first-order valence-corrected chi connectivity index (χ1v) is 14.3. The number of aromatic hydroxyl groups is 1. The Balaban J connectivity index is 1.57. The minimum Gasteiger partial charge on any atom is -0.508 e. The van der Waals surface area contributed by atoms with Gasteiger partial charge < -0.3 is 19.7 Å². The van der Waals surface area contributed by atoms with Gasteiger partial charge in [0.2, 0.25) is 11.8 Å². The number of halogens is 1.